The van der Waals surface area contributed by atoms with E-state index in [9.17, 15) is 17.6 Å². The molecule has 1 amide bonds. The van der Waals surface area contributed by atoms with Gasteiger partial charge in [-0.05, 0) is 49.9 Å². The van der Waals surface area contributed by atoms with Crippen molar-refractivity contribution in [3.05, 3.63) is 30.1 Å². The minimum Gasteiger partial charge on any atom is -0.342 e. The second-order valence-corrected chi connectivity index (χ2v) is 8.76. The van der Waals surface area contributed by atoms with Crippen LogP contribution < -0.4 is 5.73 Å². The fraction of sp³-hybridized carbons (Fsp3) is 0.588. The molecule has 26 heavy (non-hydrogen) atoms. The highest BCUT2D eigenvalue weighted by Crippen LogP contribution is 2.26. The minimum absolute atomic E-state index is 0. The molecule has 1 unspecified atom stereocenters. The van der Waals surface area contributed by atoms with E-state index in [1.807, 2.05) is 4.90 Å². The molecule has 0 aliphatic carbocycles. The molecule has 0 bridgehead atoms. The second-order valence-electron chi connectivity index (χ2n) is 6.82. The summed E-state index contributed by atoms with van der Waals surface area (Å²) in [7, 11) is -3.71. The van der Waals surface area contributed by atoms with Gasteiger partial charge in [-0.2, -0.15) is 4.31 Å². The first-order chi connectivity index (χ1) is 11.9. The van der Waals surface area contributed by atoms with Crippen LogP contribution in [0.4, 0.5) is 4.39 Å². The lowest BCUT2D eigenvalue weighted by Gasteiger charge is -2.36. The number of nitrogens with two attached hydrogens (primary N) is 1. The highest BCUT2D eigenvalue weighted by Gasteiger charge is 2.35. The lowest BCUT2D eigenvalue weighted by Crippen LogP contribution is -2.49. The molecule has 2 heterocycles. The molecule has 2 N–H and O–H groups in total. The van der Waals surface area contributed by atoms with Gasteiger partial charge >= 0.3 is 0 Å². The lowest BCUT2D eigenvalue weighted by molar-refractivity contribution is -0.137. The SMILES string of the molecule is Cl.NC1CCN(C(=O)C2CCCN(S(=O)(=O)c3ccc(F)cc3)C2)CC1. The molecule has 3 rings (SSSR count). The number of benzene rings is 1. The Morgan fingerprint density at radius 2 is 1.69 bits per heavy atom. The molecule has 6 nitrogen and oxygen atoms in total. The number of piperidine rings is 2. The van der Waals surface area contributed by atoms with E-state index in [4.69, 9.17) is 5.73 Å². The summed E-state index contributed by atoms with van der Waals surface area (Å²) in [6.07, 6.45) is 2.91. The molecule has 1 aromatic rings. The van der Waals surface area contributed by atoms with E-state index in [2.05, 4.69) is 0 Å². The van der Waals surface area contributed by atoms with Crippen LogP contribution in [-0.4, -0.2) is 55.8 Å². The summed E-state index contributed by atoms with van der Waals surface area (Å²) in [5.74, 6) is -0.779. The van der Waals surface area contributed by atoms with Gasteiger partial charge in [-0.25, -0.2) is 12.8 Å². The Morgan fingerprint density at radius 1 is 1.08 bits per heavy atom. The minimum atomic E-state index is -3.71. The first-order valence-electron chi connectivity index (χ1n) is 8.68. The maximum Gasteiger partial charge on any atom is 0.243 e. The number of halogens is 2. The maximum atomic E-state index is 13.1. The first kappa shape index (κ1) is 21.1. The highest BCUT2D eigenvalue weighted by atomic mass is 35.5. The Bertz CT molecular complexity index is 721. The van der Waals surface area contributed by atoms with Crippen molar-refractivity contribution >= 4 is 28.3 Å². The van der Waals surface area contributed by atoms with Crippen LogP contribution in [0.1, 0.15) is 25.7 Å². The average molecular weight is 406 g/mol. The Balaban J connectivity index is 0.00000243. The van der Waals surface area contributed by atoms with Crippen LogP contribution in [-0.2, 0) is 14.8 Å². The predicted molar refractivity (Wildman–Crippen MR) is 98.9 cm³/mol. The zero-order valence-electron chi connectivity index (χ0n) is 14.5. The summed E-state index contributed by atoms with van der Waals surface area (Å²) in [5.41, 5.74) is 5.88. The van der Waals surface area contributed by atoms with Gasteiger partial charge in [-0.3, -0.25) is 4.79 Å². The van der Waals surface area contributed by atoms with Gasteiger partial charge in [0, 0.05) is 32.2 Å². The molecule has 9 heteroatoms. The van der Waals surface area contributed by atoms with E-state index in [-0.39, 0.29) is 41.7 Å². The fourth-order valence-corrected chi connectivity index (χ4v) is 5.02. The van der Waals surface area contributed by atoms with Crippen molar-refractivity contribution in [1.29, 1.82) is 0 Å². The number of carbonyl (C=O) groups excluding carboxylic acids is 1. The Kier molecular flexibility index (Phi) is 7.01. The quantitative estimate of drug-likeness (QED) is 0.827. The van der Waals surface area contributed by atoms with Crippen molar-refractivity contribution in [2.24, 2.45) is 11.7 Å². The van der Waals surface area contributed by atoms with Gasteiger partial charge in [0.25, 0.3) is 0 Å². The summed E-state index contributed by atoms with van der Waals surface area (Å²) in [4.78, 5) is 14.6. The Labute approximate surface area is 160 Å². The highest BCUT2D eigenvalue weighted by molar-refractivity contribution is 7.89. The monoisotopic (exact) mass is 405 g/mol. The second kappa shape index (κ2) is 8.65. The van der Waals surface area contributed by atoms with Crippen LogP contribution in [0.3, 0.4) is 0 Å². The topological polar surface area (TPSA) is 83.7 Å². The molecule has 1 atom stereocenters. The number of hydrogen-bond acceptors (Lipinski definition) is 4. The van der Waals surface area contributed by atoms with E-state index in [1.54, 1.807) is 0 Å². The summed E-state index contributed by atoms with van der Waals surface area (Å²) >= 11 is 0. The van der Waals surface area contributed by atoms with Crippen LogP contribution in [0.5, 0.6) is 0 Å². The number of carbonyl (C=O) groups is 1. The van der Waals surface area contributed by atoms with E-state index < -0.39 is 15.8 Å². The number of likely N-dealkylation sites (tertiary alicyclic amines) is 1. The standard InChI is InChI=1S/C17H24FN3O3S.ClH/c18-14-3-5-16(6-4-14)25(23,24)21-9-1-2-13(12-21)17(22)20-10-7-15(19)8-11-20;/h3-6,13,15H,1-2,7-12,19H2;1H. The lowest BCUT2D eigenvalue weighted by atomic mass is 9.96. The van der Waals surface area contributed by atoms with Crippen LogP contribution in [0.25, 0.3) is 0 Å². The van der Waals surface area contributed by atoms with Gasteiger partial charge in [0.15, 0.2) is 0 Å². The van der Waals surface area contributed by atoms with E-state index in [1.165, 1.54) is 16.4 Å². The fourth-order valence-electron chi connectivity index (χ4n) is 3.50. The van der Waals surface area contributed by atoms with Crippen molar-refractivity contribution in [1.82, 2.24) is 9.21 Å². The van der Waals surface area contributed by atoms with Gasteiger partial charge in [-0.15, -0.1) is 12.4 Å². The first-order valence-corrected chi connectivity index (χ1v) is 10.1. The average Bonchev–Trinajstić information content (AvgIpc) is 2.62. The van der Waals surface area contributed by atoms with Gasteiger partial charge in [0.1, 0.15) is 5.82 Å². The third-order valence-corrected chi connectivity index (χ3v) is 6.92. The molecule has 0 spiro atoms. The zero-order valence-corrected chi connectivity index (χ0v) is 16.1. The number of hydrogen-bond donors (Lipinski definition) is 1. The van der Waals surface area contributed by atoms with Crippen LogP contribution in [0, 0.1) is 11.7 Å². The number of sulfonamides is 1. The summed E-state index contributed by atoms with van der Waals surface area (Å²) in [5, 5.41) is 0. The number of rotatable bonds is 3. The molecule has 2 aliphatic rings. The number of nitrogens with zero attached hydrogens (tertiary/aromatic N) is 2. The van der Waals surface area contributed by atoms with Gasteiger partial charge < -0.3 is 10.6 Å². The summed E-state index contributed by atoms with van der Waals surface area (Å²) < 4.78 is 39.9. The van der Waals surface area contributed by atoms with E-state index in [0.717, 1.165) is 25.0 Å². The number of amides is 1. The predicted octanol–water partition coefficient (Wildman–Crippen LogP) is 1.60. The zero-order chi connectivity index (χ0) is 18.0. The summed E-state index contributed by atoms with van der Waals surface area (Å²) in [6.45, 7) is 1.85. The summed E-state index contributed by atoms with van der Waals surface area (Å²) in [6, 6.07) is 4.95. The molecule has 0 aromatic heterocycles. The maximum absolute atomic E-state index is 13.1. The molecule has 2 fully saturated rings. The van der Waals surface area contributed by atoms with E-state index >= 15 is 0 Å². The molecule has 2 saturated heterocycles. The van der Waals surface area contributed by atoms with E-state index in [0.29, 0.717) is 32.5 Å². The van der Waals surface area contributed by atoms with Crippen LogP contribution in [0.15, 0.2) is 29.2 Å². The normalized spacial score (nSPS) is 22.7. The third-order valence-electron chi connectivity index (χ3n) is 5.04. The van der Waals surface area contributed by atoms with Gasteiger partial charge in [0.2, 0.25) is 15.9 Å². The van der Waals surface area contributed by atoms with Crippen molar-refractivity contribution in [2.75, 3.05) is 26.2 Å². The van der Waals surface area contributed by atoms with Crippen molar-refractivity contribution in [3.63, 3.8) is 0 Å². The molecule has 0 radical (unpaired) electrons. The van der Waals surface area contributed by atoms with Crippen LogP contribution >= 0.6 is 12.4 Å². The molecular formula is C17H25ClFN3O3S. The smallest absolute Gasteiger partial charge is 0.243 e. The molecule has 146 valence electrons. The van der Waals surface area contributed by atoms with Crippen molar-refractivity contribution in [2.45, 2.75) is 36.6 Å². The Morgan fingerprint density at radius 3 is 2.31 bits per heavy atom. The Hall–Kier alpha value is -1.22. The van der Waals surface area contributed by atoms with Crippen molar-refractivity contribution < 1.29 is 17.6 Å². The largest absolute Gasteiger partial charge is 0.342 e. The van der Waals surface area contributed by atoms with Crippen molar-refractivity contribution in [3.8, 4) is 0 Å². The molecular weight excluding hydrogens is 381 g/mol. The van der Waals surface area contributed by atoms with Gasteiger partial charge in [0.05, 0.1) is 10.8 Å². The molecule has 0 saturated carbocycles. The van der Waals surface area contributed by atoms with Gasteiger partial charge in [-0.1, -0.05) is 0 Å². The molecule has 2 aliphatic heterocycles. The van der Waals surface area contributed by atoms with Crippen LogP contribution in [0.2, 0.25) is 0 Å². The third kappa shape index (κ3) is 4.54. The molecule has 1 aromatic carbocycles.